The summed E-state index contributed by atoms with van der Waals surface area (Å²) in [5.41, 5.74) is 8.45. The minimum Gasteiger partial charge on any atom is -0.484 e. The zero-order chi connectivity index (χ0) is 18.4. The van der Waals surface area contributed by atoms with Crippen LogP contribution < -0.4 is 21.3 Å². The maximum absolute atomic E-state index is 12.8. The number of carbonyl (C=O) groups is 2. The molecule has 0 radical (unpaired) electrons. The summed E-state index contributed by atoms with van der Waals surface area (Å²) in [6.45, 7) is -0.469. The van der Waals surface area contributed by atoms with Crippen LogP contribution >= 0.6 is 0 Å². The predicted octanol–water partition coefficient (Wildman–Crippen LogP) is 2.33. The molecular weight excluding hydrogens is 339 g/mol. The Kier molecular flexibility index (Phi) is 5.48. The number of para-hydroxylation sites is 1. The molecule has 0 fully saturated rings. The van der Waals surface area contributed by atoms with Crippen molar-refractivity contribution in [3.05, 3.63) is 59.7 Å². The molecule has 0 spiro atoms. The summed E-state index contributed by atoms with van der Waals surface area (Å²) in [5, 5.41) is 0. The molecule has 2 aromatic carbocycles. The number of alkyl halides is 3. The summed E-state index contributed by atoms with van der Waals surface area (Å²) in [6.07, 6.45) is -4.56. The third-order valence-electron chi connectivity index (χ3n) is 3.06. The SMILES string of the molecule is NC(=O)c1cccc(OCC(=O)NNc2ccccc2C(F)(F)F)c1. The smallest absolute Gasteiger partial charge is 0.418 e. The van der Waals surface area contributed by atoms with Gasteiger partial charge in [-0.25, -0.2) is 0 Å². The number of halogens is 3. The van der Waals surface area contributed by atoms with Crippen molar-refractivity contribution >= 4 is 17.5 Å². The van der Waals surface area contributed by atoms with Gasteiger partial charge in [0.1, 0.15) is 5.75 Å². The second-order valence-electron chi connectivity index (χ2n) is 4.90. The Labute approximate surface area is 140 Å². The Morgan fingerprint density at radius 2 is 1.80 bits per heavy atom. The second-order valence-corrected chi connectivity index (χ2v) is 4.90. The van der Waals surface area contributed by atoms with E-state index in [9.17, 15) is 22.8 Å². The fourth-order valence-electron chi connectivity index (χ4n) is 1.90. The molecule has 9 heteroatoms. The van der Waals surface area contributed by atoms with Gasteiger partial charge in [-0.1, -0.05) is 18.2 Å². The number of primary amides is 1. The van der Waals surface area contributed by atoms with E-state index in [1.807, 2.05) is 0 Å². The number of ether oxygens (including phenoxy) is 1. The molecule has 0 aliphatic rings. The summed E-state index contributed by atoms with van der Waals surface area (Å²) >= 11 is 0. The lowest BCUT2D eigenvalue weighted by Crippen LogP contribution is -2.34. The minimum atomic E-state index is -4.56. The highest BCUT2D eigenvalue weighted by molar-refractivity contribution is 5.93. The van der Waals surface area contributed by atoms with Crippen molar-refractivity contribution in [2.45, 2.75) is 6.18 Å². The van der Waals surface area contributed by atoms with Gasteiger partial charge in [0.25, 0.3) is 5.91 Å². The summed E-state index contributed by atoms with van der Waals surface area (Å²) in [4.78, 5) is 22.7. The van der Waals surface area contributed by atoms with Gasteiger partial charge in [-0.15, -0.1) is 0 Å². The Bertz CT molecular complexity index is 778. The predicted molar refractivity (Wildman–Crippen MR) is 83.7 cm³/mol. The molecule has 132 valence electrons. The average Bonchev–Trinajstić information content (AvgIpc) is 2.58. The van der Waals surface area contributed by atoms with E-state index in [0.29, 0.717) is 0 Å². The van der Waals surface area contributed by atoms with Crippen molar-refractivity contribution in [1.82, 2.24) is 5.43 Å². The van der Waals surface area contributed by atoms with Crippen LogP contribution in [0, 0.1) is 0 Å². The first-order chi connectivity index (χ1) is 11.8. The van der Waals surface area contributed by atoms with Gasteiger partial charge in [0.15, 0.2) is 6.61 Å². The fourth-order valence-corrected chi connectivity index (χ4v) is 1.90. The standard InChI is InChI=1S/C16H14F3N3O3/c17-16(18,19)12-6-1-2-7-13(12)21-22-14(23)9-25-11-5-3-4-10(8-11)15(20)24/h1-8,21H,9H2,(H2,20,24)(H,22,23). The second kappa shape index (κ2) is 7.56. The van der Waals surface area contributed by atoms with Crippen molar-refractivity contribution in [2.75, 3.05) is 12.0 Å². The van der Waals surface area contributed by atoms with Gasteiger partial charge in [0.2, 0.25) is 5.91 Å². The van der Waals surface area contributed by atoms with E-state index < -0.39 is 30.2 Å². The number of carbonyl (C=O) groups excluding carboxylic acids is 2. The first kappa shape index (κ1) is 18.1. The highest BCUT2D eigenvalue weighted by Crippen LogP contribution is 2.34. The number of amides is 2. The maximum atomic E-state index is 12.8. The largest absolute Gasteiger partial charge is 0.484 e. The van der Waals surface area contributed by atoms with E-state index in [0.717, 1.165) is 6.07 Å². The molecule has 0 atom stereocenters. The highest BCUT2D eigenvalue weighted by Gasteiger charge is 2.33. The minimum absolute atomic E-state index is 0.204. The lowest BCUT2D eigenvalue weighted by Gasteiger charge is -2.15. The van der Waals surface area contributed by atoms with Crippen LogP contribution in [0.4, 0.5) is 18.9 Å². The molecule has 0 unspecified atom stereocenters. The molecule has 2 aromatic rings. The number of nitrogens with one attached hydrogen (secondary N) is 2. The highest BCUT2D eigenvalue weighted by atomic mass is 19.4. The van der Waals surface area contributed by atoms with Crippen LogP contribution in [-0.4, -0.2) is 18.4 Å². The molecule has 0 bridgehead atoms. The number of hydrogen-bond donors (Lipinski definition) is 3. The summed E-state index contributed by atoms with van der Waals surface area (Å²) in [6, 6.07) is 10.6. The quantitative estimate of drug-likeness (QED) is 0.695. The van der Waals surface area contributed by atoms with Crippen molar-refractivity contribution in [3.63, 3.8) is 0 Å². The molecule has 0 saturated carbocycles. The first-order valence-corrected chi connectivity index (χ1v) is 7.01. The maximum Gasteiger partial charge on any atom is 0.418 e. The molecule has 2 amide bonds. The van der Waals surface area contributed by atoms with Gasteiger partial charge in [0, 0.05) is 5.56 Å². The van der Waals surface area contributed by atoms with Crippen LogP contribution in [0.25, 0.3) is 0 Å². The number of rotatable bonds is 6. The molecule has 4 N–H and O–H groups in total. The van der Waals surface area contributed by atoms with Crippen LogP contribution in [0.3, 0.4) is 0 Å². The molecule has 25 heavy (non-hydrogen) atoms. The van der Waals surface area contributed by atoms with E-state index in [1.165, 1.54) is 42.5 Å². The summed E-state index contributed by atoms with van der Waals surface area (Å²) in [5.74, 6) is -1.14. The summed E-state index contributed by atoms with van der Waals surface area (Å²) < 4.78 is 43.7. The Hall–Kier alpha value is -3.23. The van der Waals surface area contributed by atoms with Crippen LogP contribution in [0.5, 0.6) is 5.75 Å². The van der Waals surface area contributed by atoms with Crippen molar-refractivity contribution < 1.29 is 27.5 Å². The third kappa shape index (κ3) is 5.13. The van der Waals surface area contributed by atoms with E-state index in [4.69, 9.17) is 10.5 Å². The van der Waals surface area contributed by atoms with Gasteiger partial charge in [0.05, 0.1) is 11.3 Å². The van der Waals surface area contributed by atoms with Crippen molar-refractivity contribution in [2.24, 2.45) is 5.73 Å². The molecule has 0 aliphatic heterocycles. The van der Waals surface area contributed by atoms with Gasteiger partial charge in [-0.3, -0.25) is 20.4 Å². The number of benzene rings is 2. The third-order valence-corrected chi connectivity index (χ3v) is 3.06. The monoisotopic (exact) mass is 353 g/mol. The lowest BCUT2D eigenvalue weighted by molar-refractivity contribution is -0.137. The molecule has 0 aromatic heterocycles. The number of anilines is 1. The van der Waals surface area contributed by atoms with E-state index in [-0.39, 0.29) is 17.0 Å². The normalized spacial score (nSPS) is 10.8. The fraction of sp³-hybridized carbons (Fsp3) is 0.125. The number of nitrogens with two attached hydrogens (primary N) is 1. The lowest BCUT2D eigenvalue weighted by atomic mass is 10.2. The van der Waals surface area contributed by atoms with Crippen LogP contribution in [0.2, 0.25) is 0 Å². The Balaban J connectivity index is 1.92. The van der Waals surface area contributed by atoms with Gasteiger partial charge < -0.3 is 10.5 Å². The molecule has 6 nitrogen and oxygen atoms in total. The van der Waals surface area contributed by atoms with Gasteiger partial charge in [-0.05, 0) is 30.3 Å². The molecule has 0 aliphatic carbocycles. The number of hydrazine groups is 1. The number of hydrogen-bond acceptors (Lipinski definition) is 4. The van der Waals surface area contributed by atoms with Crippen LogP contribution in [-0.2, 0) is 11.0 Å². The molecule has 2 rings (SSSR count). The van der Waals surface area contributed by atoms with E-state index >= 15 is 0 Å². The Morgan fingerprint density at radius 3 is 2.48 bits per heavy atom. The zero-order valence-electron chi connectivity index (χ0n) is 12.8. The van der Waals surface area contributed by atoms with Crippen molar-refractivity contribution in [3.8, 4) is 5.75 Å². The molecular formula is C16H14F3N3O3. The van der Waals surface area contributed by atoms with E-state index in [1.54, 1.807) is 0 Å². The van der Waals surface area contributed by atoms with E-state index in [2.05, 4.69) is 10.9 Å². The Morgan fingerprint density at radius 1 is 1.08 bits per heavy atom. The zero-order valence-corrected chi connectivity index (χ0v) is 12.8. The topological polar surface area (TPSA) is 93.5 Å². The average molecular weight is 353 g/mol. The van der Waals surface area contributed by atoms with Crippen molar-refractivity contribution in [1.29, 1.82) is 0 Å². The molecule has 0 heterocycles. The first-order valence-electron chi connectivity index (χ1n) is 7.01. The molecule has 0 saturated heterocycles. The summed E-state index contributed by atoms with van der Waals surface area (Å²) in [7, 11) is 0. The van der Waals surface area contributed by atoms with Gasteiger partial charge >= 0.3 is 6.18 Å². The van der Waals surface area contributed by atoms with Crippen LogP contribution in [0.15, 0.2) is 48.5 Å². The van der Waals surface area contributed by atoms with Gasteiger partial charge in [-0.2, -0.15) is 13.2 Å². The van der Waals surface area contributed by atoms with Crippen LogP contribution in [0.1, 0.15) is 15.9 Å².